The van der Waals surface area contributed by atoms with Crippen LogP contribution in [0.15, 0.2) is 24.3 Å². The van der Waals surface area contributed by atoms with Gasteiger partial charge in [-0.05, 0) is 64.2 Å². The number of hydrogen-bond donors (Lipinski definition) is 1. The number of sulfonamides is 1. The van der Waals surface area contributed by atoms with Gasteiger partial charge in [0, 0.05) is 12.8 Å². The molecule has 0 saturated carbocycles. The third kappa shape index (κ3) is 32.5. The lowest BCUT2D eigenvalue weighted by Gasteiger charge is -2.19. The second kappa shape index (κ2) is 33.9. The smallest absolute Gasteiger partial charge is 0.462 e. The van der Waals surface area contributed by atoms with E-state index in [2.05, 4.69) is 38.2 Å². The molecule has 11 heteroatoms. The van der Waals surface area contributed by atoms with Gasteiger partial charge in [-0.25, -0.2) is 13.1 Å². The number of esters is 2. The van der Waals surface area contributed by atoms with E-state index in [0.29, 0.717) is 12.8 Å². The molecule has 7 nitrogen and oxygen atoms in total. The molecule has 300 valence electrons. The number of halogens is 3. The van der Waals surface area contributed by atoms with E-state index in [1.54, 1.807) is 0 Å². The summed E-state index contributed by atoms with van der Waals surface area (Å²) in [5, 5.41) is 0. The Labute approximate surface area is 309 Å². The largest absolute Gasteiger partial charge is 0.511 e. The number of hydrogen-bond acceptors (Lipinski definition) is 6. The molecular weight excluding hydrogens is 680 g/mol. The lowest BCUT2D eigenvalue weighted by Crippen LogP contribution is -2.43. The van der Waals surface area contributed by atoms with Crippen LogP contribution in [0.4, 0.5) is 13.2 Å². The molecule has 0 heterocycles. The Bertz CT molecular complexity index is 1000. The highest BCUT2D eigenvalue weighted by Crippen LogP contribution is 2.21. The average molecular weight is 752 g/mol. The van der Waals surface area contributed by atoms with Crippen LogP contribution >= 0.6 is 0 Å². The van der Waals surface area contributed by atoms with Crippen LogP contribution in [0, 0.1) is 0 Å². The van der Waals surface area contributed by atoms with Crippen molar-refractivity contribution in [1.82, 2.24) is 4.72 Å². The fraction of sp³-hybridized carbons (Fsp3) is 0.850. The Balaban J connectivity index is 4.24. The van der Waals surface area contributed by atoms with Crippen LogP contribution in [0.1, 0.15) is 194 Å². The summed E-state index contributed by atoms with van der Waals surface area (Å²) in [4.78, 5) is 24.7. The Hall–Kier alpha value is -1.88. The third-order valence-electron chi connectivity index (χ3n) is 8.82. The van der Waals surface area contributed by atoms with Crippen LogP contribution in [-0.4, -0.2) is 45.1 Å². The fourth-order valence-corrected chi connectivity index (χ4v) is 6.17. The molecule has 0 aliphatic heterocycles. The second-order valence-corrected chi connectivity index (χ2v) is 15.5. The number of allylic oxidation sites excluding steroid dienone is 4. The zero-order chi connectivity index (χ0) is 37.9. The topological polar surface area (TPSA) is 98.8 Å². The van der Waals surface area contributed by atoms with Crippen molar-refractivity contribution in [3.05, 3.63) is 24.3 Å². The molecule has 0 spiro atoms. The highest BCUT2D eigenvalue weighted by molar-refractivity contribution is 7.90. The zero-order valence-electron chi connectivity index (χ0n) is 32.1. The lowest BCUT2D eigenvalue weighted by atomic mass is 10.1. The molecule has 0 radical (unpaired) electrons. The molecule has 0 unspecified atom stereocenters. The fourth-order valence-electron chi connectivity index (χ4n) is 5.60. The van der Waals surface area contributed by atoms with E-state index in [-0.39, 0.29) is 12.8 Å². The Morgan fingerprint density at radius 1 is 0.569 bits per heavy atom. The molecular formula is C40H72F3NO6S. The third-order valence-corrected chi connectivity index (χ3v) is 9.98. The molecule has 1 N–H and O–H groups in total. The van der Waals surface area contributed by atoms with Crippen molar-refractivity contribution in [3.63, 3.8) is 0 Å². The van der Waals surface area contributed by atoms with Gasteiger partial charge in [0.05, 0.1) is 6.54 Å². The molecule has 0 amide bonds. The van der Waals surface area contributed by atoms with E-state index >= 15 is 0 Å². The lowest BCUT2D eigenvalue weighted by molar-refractivity contribution is -0.158. The molecule has 0 fully saturated rings. The van der Waals surface area contributed by atoms with Gasteiger partial charge in [-0.15, -0.1) is 0 Å². The normalized spacial score (nSPS) is 13.0. The maximum atomic E-state index is 12.8. The Morgan fingerprint density at radius 3 is 1.31 bits per heavy atom. The molecule has 0 rings (SSSR count). The monoisotopic (exact) mass is 752 g/mol. The summed E-state index contributed by atoms with van der Waals surface area (Å²) in [6.45, 7) is 3.08. The Morgan fingerprint density at radius 2 is 0.922 bits per heavy atom. The van der Waals surface area contributed by atoms with Gasteiger partial charge in [-0.2, -0.15) is 13.2 Å². The molecule has 0 aromatic heterocycles. The first kappa shape index (κ1) is 49.1. The molecule has 0 aromatic rings. The van der Waals surface area contributed by atoms with Crippen molar-refractivity contribution in [2.45, 2.75) is 205 Å². The van der Waals surface area contributed by atoms with Crippen molar-refractivity contribution in [3.8, 4) is 0 Å². The summed E-state index contributed by atoms with van der Waals surface area (Å²) in [6, 6.07) is 0. The highest BCUT2D eigenvalue weighted by Gasteiger charge is 2.46. The number of ether oxygens (including phenoxy) is 2. The second-order valence-electron chi connectivity index (χ2n) is 13.8. The number of alkyl halides is 3. The van der Waals surface area contributed by atoms with Crippen LogP contribution < -0.4 is 4.72 Å². The van der Waals surface area contributed by atoms with Gasteiger partial charge in [0.25, 0.3) is 0 Å². The zero-order valence-corrected chi connectivity index (χ0v) is 32.9. The summed E-state index contributed by atoms with van der Waals surface area (Å²) in [6.07, 6.45) is 36.7. The van der Waals surface area contributed by atoms with Crippen LogP contribution in [0.5, 0.6) is 0 Å². The van der Waals surface area contributed by atoms with Crippen LogP contribution in [0.2, 0.25) is 0 Å². The summed E-state index contributed by atoms with van der Waals surface area (Å²) in [5.41, 5.74) is -5.51. The summed E-state index contributed by atoms with van der Waals surface area (Å²) in [5.74, 6) is -1.23. The summed E-state index contributed by atoms with van der Waals surface area (Å²) in [7, 11) is -5.64. The van der Waals surface area contributed by atoms with E-state index in [1.807, 2.05) is 0 Å². The molecule has 51 heavy (non-hydrogen) atoms. The van der Waals surface area contributed by atoms with Crippen LogP contribution in [-0.2, 0) is 29.1 Å². The van der Waals surface area contributed by atoms with Gasteiger partial charge >= 0.3 is 27.5 Å². The van der Waals surface area contributed by atoms with E-state index < -0.39 is 46.7 Å². The Kier molecular flexibility index (Phi) is 32.7. The van der Waals surface area contributed by atoms with Gasteiger partial charge in [-0.3, -0.25) is 9.59 Å². The van der Waals surface area contributed by atoms with Gasteiger partial charge in [0.2, 0.25) is 0 Å². The number of carbonyl (C=O) groups excluding carboxylic acids is 2. The molecule has 0 aliphatic carbocycles. The van der Waals surface area contributed by atoms with Gasteiger partial charge < -0.3 is 9.47 Å². The number of unbranched alkanes of at least 4 members (excludes halogenated alkanes) is 22. The molecule has 0 saturated heterocycles. The quantitative estimate of drug-likeness (QED) is 0.0389. The van der Waals surface area contributed by atoms with Gasteiger partial charge in [-0.1, -0.05) is 141 Å². The van der Waals surface area contributed by atoms with E-state index in [0.717, 1.165) is 77.0 Å². The van der Waals surface area contributed by atoms with Crippen molar-refractivity contribution in [1.29, 1.82) is 0 Å². The molecule has 1 atom stereocenters. The minimum atomic E-state index is -5.64. The predicted molar refractivity (Wildman–Crippen MR) is 203 cm³/mol. The minimum Gasteiger partial charge on any atom is -0.462 e. The van der Waals surface area contributed by atoms with E-state index in [9.17, 15) is 31.2 Å². The van der Waals surface area contributed by atoms with Gasteiger partial charge in [0.15, 0.2) is 0 Å². The SMILES string of the molecule is CCCCCCCC/C=C\CCCCCCCC(=O)OC[C@H](CNS(=O)(=O)C(F)(F)F)OC(=O)CCCCCCC/C=C\CCCCCCCC. The number of rotatable bonds is 36. The molecule has 0 aromatic carbocycles. The van der Waals surface area contributed by atoms with Crippen molar-refractivity contribution >= 4 is 22.0 Å². The van der Waals surface area contributed by atoms with Crippen molar-refractivity contribution in [2.75, 3.05) is 13.2 Å². The maximum absolute atomic E-state index is 12.8. The van der Waals surface area contributed by atoms with E-state index in [4.69, 9.17) is 9.47 Å². The summed E-state index contributed by atoms with van der Waals surface area (Å²) < 4.78 is 73.2. The first-order chi connectivity index (χ1) is 24.5. The molecule has 0 aliphatic rings. The standard InChI is InChI=1S/C40H72F3NO6S/c1-3-5-7-9-11-13-15-17-19-21-23-25-27-29-31-33-38(45)49-36-37(35-44-51(47,48)40(41,42)43)50-39(46)34-32-30-28-26-24-22-20-18-16-14-12-10-8-6-4-2/h17-20,37,44H,3-16,21-36H2,1-2H3/b19-17-,20-18-/t37-/m0/s1. The first-order valence-electron chi connectivity index (χ1n) is 20.2. The predicted octanol–water partition coefficient (Wildman–Crippen LogP) is 12.0. The van der Waals surface area contributed by atoms with Crippen LogP contribution in [0.25, 0.3) is 0 Å². The van der Waals surface area contributed by atoms with Crippen molar-refractivity contribution in [2.24, 2.45) is 0 Å². The molecule has 0 bridgehead atoms. The maximum Gasteiger partial charge on any atom is 0.511 e. The first-order valence-corrected chi connectivity index (χ1v) is 21.7. The van der Waals surface area contributed by atoms with Crippen molar-refractivity contribution < 1.29 is 40.7 Å². The number of nitrogens with one attached hydrogen (secondary N) is 1. The minimum absolute atomic E-state index is 0.0452. The number of carbonyl (C=O) groups is 2. The van der Waals surface area contributed by atoms with Crippen LogP contribution in [0.3, 0.4) is 0 Å². The highest BCUT2D eigenvalue weighted by atomic mass is 32.2. The average Bonchev–Trinajstić information content (AvgIpc) is 3.08. The van der Waals surface area contributed by atoms with Gasteiger partial charge in [0.1, 0.15) is 12.7 Å². The van der Waals surface area contributed by atoms with E-state index in [1.165, 1.54) is 81.8 Å². The summed E-state index contributed by atoms with van der Waals surface area (Å²) >= 11 is 0.